The third-order valence-corrected chi connectivity index (χ3v) is 4.32. The van der Waals surface area contributed by atoms with E-state index in [4.69, 9.17) is 0 Å². The maximum absolute atomic E-state index is 11.4. The van der Waals surface area contributed by atoms with Gasteiger partial charge >= 0.3 is 0 Å². The van der Waals surface area contributed by atoms with Crippen LogP contribution >= 0.6 is 0 Å². The second kappa shape index (κ2) is 5.09. The fourth-order valence-electron chi connectivity index (χ4n) is 1.79. The molecule has 0 aromatic carbocycles. The van der Waals surface area contributed by atoms with Crippen LogP contribution in [0.1, 0.15) is 13.8 Å². The van der Waals surface area contributed by atoms with E-state index >= 15 is 0 Å². The van der Waals surface area contributed by atoms with Crippen LogP contribution in [-0.2, 0) is 9.84 Å². The average Bonchev–Trinajstić information content (AvgIpc) is 2.28. The van der Waals surface area contributed by atoms with Crippen molar-refractivity contribution in [3.05, 3.63) is 12.3 Å². The van der Waals surface area contributed by atoms with Gasteiger partial charge in [0.15, 0.2) is 9.84 Å². The highest BCUT2D eigenvalue weighted by atomic mass is 32.2. The van der Waals surface area contributed by atoms with E-state index in [-0.39, 0.29) is 11.5 Å². The zero-order chi connectivity index (χ0) is 13.2. The fraction of sp³-hybridized carbons (Fsp3) is 0.636. The van der Waals surface area contributed by atoms with E-state index in [0.717, 1.165) is 5.82 Å². The van der Waals surface area contributed by atoms with Crippen LogP contribution in [0, 0.1) is 0 Å². The molecule has 0 aliphatic carbocycles. The summed E-state index contributed by atoms with van der Waals surface area (Å²) in [7, 11) is -2.87. The SMILES string of the molecule is CC(C)Nc1ccnc(N2CCS(=O)(=O)CC2)n1. The van der Waals surface area contributed by atoms with E-state index < -0.39 is 9.84 Å². The molecule has 0 atom stereocenters. The van der Waals surface area contributed by atoms with Crippen molar-refractivity contribution < 1.29 is 8.42 Å². The minimum absolute atomic E-state index is 0.179. The van der Waals surface area contributed by atoms with Gasteiger partial charge in [-0.1, -0.05) is 0 Å². The normalized spacial score (nSPS) is 18.9. The zero-order valence-corrected chi connectivity index (χ0v) is 11.4. The Morgan fingerprint density at radius 3 is 2.61 bits per heavy atom. The summed E-state index contributed by atoms with van der Waals surface area (Å²) in [5.74, 6) is 1.72. The summed E-state index contributed by atoms with van der Waals surface area (Å²) in [6, 6.07) is 2.11. The molecule has 1 aliphatic rings. The lowest BCUT2D eigenvalue weighted by Crippen LogP contribution is -2.41. The third-order valence-electron chi connectivity index (χ3n) is 2.71. The van der Waals surface area contributed by atoms with Gasteiger partial charge < -0.3 is 10.2 Å². The predicted molar refractivity (Wildman–Crippen MR) is 71.7 cm³/mol. The highest BCUT2D eigenvalue weighted by Gasteiger charge is 2.23. The smallest absolute Gasteiger partial charge is 0.227 e. The lowest BCUT2D eigenvalue weighted by molar-refractivity contribution is 0.585. The van der Waals surface area contributed by atoms with Gasteiger partial charge in [0, 0.05) is 25.3 Å². The molecule has 18 heavy (non-hydrogen) atoms. The van der Waals surface area contributed by atoms with Gasteiger partial charge in [0.1, 0.15) is 5.82 Å². The second-order valence-electron chi connectivity index (χ2n) is 4.68. The highest BCUT2D eigenvalue weighted by Crippen LogP contribution is 2.14. The lowest BCUT2D eigenvalue weighted by Gasteiger charge is -2.26. The molecule has 1 aromatic rings. The number of nitrogens with one attached hydrogen (secondary N) is 1. The van der Waals surface area contributed by atoms with Crippen LogP contribution < -0.4 is 10.2 Å². The molecule has 0 bridgehead atoms. The molecule has 100 valence electrons. The molecule has 1 saturated heterocycles. The molecule has 0 spiro atoms. The number of sulfone groups is 1. The van der Waals surface area contributed by atoms with Crippen molar-refractivity contribution in [2.45, 2.75) is 19.9 Å². The van der Waals surface area contributed by atoms with Gasteiger partial charge in [-0.25, -0.2) is 13.4 Å². The molecule has 0 saturated carbocycles. The van der Waals surface area contributed by atoms with Crippen LogP contribution in [0.2, 0.25) is 0 Å². The first kappa shape index (κ1) is 13.1. The molecule has 0 radical (unpaired) electrons. The number of rotatable bonds is 3. The van der Waals surface area contributed by atoms with Crippen molar-refractivity contribution in [3.63, 3.8) is 0 Å². The number of hydrogen-bond donors (Lipinski definition) is 1. The van der Waals surface area contributed by atoms with Gasteiger partial charge in [-0.05, 0) is 19.9 Å². The van der Waals surface area contributed by atoms with E-state index in [9.17, 15) is 8.42 Å². The predicted octanol–water partition coefficient (Wildman–Crippen LogP) is 0.532. The van der Waals surface area contributed by atoms with Crippen LogP contribution in [0.25, 0.3) is 0 Å². The molecule has 2 rings (SSSR count). The minimum atomic E-state index is -2.87. The second-order valence-corrected chi connectivity index (χ2v) is 6.98. The van der Waals surface area contributed by atoms with Crippen LogP contribution in [0.5, 0.6) is 0 Å². The van der Waals surface area contributed by atoms with E-state index in [1.165, 1.54) is 0 Å². The Morgan fingerprint density at radius 1 is 1.33 bits per heavy atom. The molecule has 1 N–H and O–H groups in total. The molecule has 1 aliphatic heterocycles. The first-order valence-corrected chi connectivity index (χ1v) is 7.83. The average molecular weight is 270 g/mol. The quantitative estimate of drug-likeness (QED) is 0.863. The molecule has 6 nitrogen and oxygen atoms in total. The van der Waals surface area contributed by atoms with Gasteiger partial charge in [-0.3, -0.25) is 0 Å². The van der Waals surface area contributed by atoms with E-state index in [0.29, 0.717) is 25.1 Å². The van der Waals surface area contributed by atoms with Crippen molar-refractivity contribution in [1.29, 1.82) is 0 Å². The van der Waals surface area contributed by atoms with E-state index in [2.05, 4.69) is 15.3 Å². The molecular weight excluding hydrogens is 252 g/mol. The summed E-state index contributed by atoms with van der Waals surface area (Å²) in [6.45, 7) is 5.01. The monoisotopic (exact) mass is 270 g/mol. The summed E-state index contributed by atoms with van der Waals surface area (Å²) in [4.78, 5) is 10.5. The van der Waals surface area contributed by atoms with Gasteiger partial charge in [0.2, 0.25) is 5.95 Å². The Morgan fingerprint density at radius 2 is 2.00 bits per heavy atom. The summed E-state index contributed by atoms with van der Waals surface area (Å²) in [5.41, 5.74) is 0. The number of nitrogens with zero attached hydrogens (tertiary/aromatic N) is 3. The fourth-order valence-corrected chi connectivity index (χ4v) is 2.99. The van der Waals surface area contributed by atoms with Crippen LogP contribution in [-0.4, -0.2) is 49.0 Å². The van der Waals surface area contributed by atoms with Crippen molar-refractivity contribution >= 4 is 21.6 Å². The van der Waals surface area contributed by atoms with Gasteiger partial charge in [0.25, 0.3) is 0 Å². The molecule has 0 amide bonds. The van der Waals surface area contributed by atoms with Gasteiger partial charge in [-0.2, -0.15) is 4.98 Å². The van der Waals surface area contributed by atoms with Crippen LogP contribution in [0.4, 0.5) is 11.8 Å². The maximum Gasteiger partial charge on any atom is 0.227 e. The van der Waals surface area contributed by atoms with E-state index in [1.54, 1.807) is 6.20 Å². The summed E-state index contributed by atoms with van der Waals surface area (Å²) < 4.78 is 22.7. The van der Waals surface area contributed by atoms with Crippen LogP contribution in [0.3, 0.4) is 0 Å². The van der Waals surface area contributed by atoms with Gasteiger partial charge in [0.05, 0.1) is 11.5 Å². The standard InChI is InChI=1S/C11H18N4O2S/c1-9(2)13-10-3-4-12-11(14-10)15-5-7-18(16,17)8-6-15/h3-4,9H,5-8H2,1-2H3,(H,12,13,14). The van der Waals surface area contributed by atoms with Crippen molar-refractivity contribution in [1.82, 2.24) is 9.97 Å². The number of aromatic nitrogens is 2. The molecular formula is C11H18N4O2S. The Hall–Kier alpha value is -1.37. The summed E-state index contributed by atoms with van der Waals surface area (Å²) in [5, 5.41) is 3.20. The Bertz CT molecular complexity index is 502. The zero-order valence-electron chi connectivity index (χ0n) is 10.6. The first-order chi connectivity index (χ1) is 8.46. The number of hydrogen-bond acceptors (Lipinski definition) is 6. The first-order valence-electron chi connectivity index (χ1n) is 6.01. The van der Waals surface area contributed by atoms with Gasteiger partial charge in [-0.15, -0.1) is 0 Å². The Kier molecular flexibility index (Phi) is 3.70. The molecule has 1 fully saturated rings. The third kappa shape index (κ3) is 3.32. The van der Waals surface area contributed by atoms with E-state index in [1.807, 2.05) is 24.8 Å². The number of anilines is 2. The Labute approximate surface area is 107 Å². The lowest BCUT2D eigenvalue weighted by atomic mass is 10.4. The largest absolute Gasteiger partial charge is 0.368 e. The molecule has 7 heteroatoms. The van der Waals surface area contributed by atoms with Crippen molar-refractivity contribution in [3.8, 4) is 0 Å². The van der Waals surface area contributed by atoms with Crippen molar-refractivity contribution in [2.24, 2.45) is 0 Å². The van der Waals surface area contributed by atoms with Crippen LogP contribution in [0.15, 0.2) is 12.3 Å². The maximum atomic E-state index is 11.4. The van der Waals surface area contributed by atoms with Crippen molar-refractivity contribution in [2.75, 3.05) is 34.8 Å². The topological polar surface area (TPSA) is 75.2 Å². The molecule has 2 heterocycles. The summed E-state index contributed by atoms with van der Waals surface area (Å²) in [6.07, 6.45) is 1.69. The minimum Gasteiger partial charge on any atom is -0.368 e. The molecule has 0 unspecified atom stereocenters. The highest BCUT2D eigenvalue weighted by molar-refractivity contribution is 7.91. The Balaban J connectivity index is 2.09. The summed E-state index contributed by atoms with van der Waals surface area (Å²) >= 11 is 0. The molecule has 1 aromatic heterocycles.